The Hall–Kier alpha value is -3.35. The zero-order valence-corrected chi connectivity index (χ0v) is 27.1. The molecule has 0 saturated heterocycles. The number of aliphatic hydroxyl groups is 1. The van der Waals surface area contributed by atoms with Crippen molar-refractivity contribution in [2.24, 2.45) is 11.8 Å². The van der Waals surface area contributed by atoms with E-state index in [0.29, 0.717) is 24.6 Å². The number of urea groups is 1. The van der Waals surface area contributed by atoms with Gasteiger partial charge in [-0.05, 0) is 101 Å². The summed E-state index contributed by atoms with van der Waals surface area (Å²) in [5, 5.41) is 15.3. The third-order valence-electron chi connectivity index (χ3n) is 8.54. The Balaban J connectivity index is 1.57. The molecule has 0 radical (unpaired) electrons. The van der Waals surface area contributed by atoms with E-state index < -0.39 is 23.8 Å². The number of amides is 3. The average Bonchev–Trinajstić information content (AvgIpc) is 3.82. The van der Waals surface area contributed by atoms with Crippen molar-refractivity contribution in [1.82, 2.24) is 9.80 Å². The molecule has 2 aliphatic rings. The summed E-state index contributed by atoms with van der Waals surface area (Å²) in [5.74, 6) is 0.707. The second kappa shape index (κ2) is 16.0. The van der Waals surface area contributed by atoms with Crippen LogP contribution in [0.2, 0.25) is 0 Å². The normalized spacial score (nSPS) is 22.4. The summed E-state index contributed by atoms with van der Waals surface area (Å²) in [4.78, 5) is 31.0. The maximum absolute atomic E-state index is 14.2. The molecule has 1 saturated carbocycles. The Kier molecular flexibility index (Phi) is 12.3. The third-order valence-corrected chi connectivity index (χ3v) is 8.54. The fourth-order valence-corrected chi connectivity index (χ4v) is 5.62. The Morgan fingerprint density at radius 1 is 1.04 bits per heavy atom. The third kappa shape index (κ3) is 10.3. The van der Waals surface area contributed by atoms with E-state index >= 15 is 0 Å². The maximum Gasteiger partial charge on any atom is 0.416 e. The lowest BCUT2D eigenvalue weighted by Gasteiger charge is -2.36. The van der Waals surface area contributed by atoms with Crippen molar-refractivity contribution in [3.63, 3.8) is 0 Å². The molecule has 2 aromatic rings. The van der Waals surface area contributed by atoms with Crippen molar-refractivity contribution < 1.29 is 37.3 Å². The van der Waals surface area contributed by atoms with Crippen molar-refractivity contribution in [2.75, 3.05) is 50.5 Å². The van der Waals surface area contributed by atoms with E-state index in [1.807, 2.05) is 6.92 Å². The highest BCUT2D eigenvalue weighted by Crippen LogP contribution is 2.32. The monoisotopic (exact) mass is 648 g/mol. The van der Waals surface area contributed by atoms with E-state index in [0.717, 1.165) is 50.4 Å². The van der Waals surface area contributed by atoms with Crippen LogP contribution in [-0.2, 0) is 10.9 Å². The van der Waals surface area contributed by atoms with Crippen LogP contribution in [0.1, 0.15) is 68.8 Å². The first-order valence-corrected chi connectivity index (χ1v) is 16.1. The number of fused-ring (bicyclic) bond motifs is 1. The van der Waals surface area contributed by atoms with E-state index in [1.165, 1.54) is 31.0 Å². The number of carbonyl (C=O) groups excluding carboxylic acids is 2. The molecule has 254 valence electrons. The van der Waals surface area contributed by atoms with Gasteiger partial charge in [-0.15, -0.1) is 0 Å². The van der Waals surface area contributed by atoms with Crippen LogP contribution in [0.3, 0.4) is 0 Å². The Morgan fingerprint density at radius 2 is 1.72 bits per heavy atom. The van der Waals surface area contributed by atoms with Gasteiger partial charge in [0.05, 0.1) is 36.0 Å². The van der Waals surface area contributed by atoms with E-state index in [2.05, 4.69) is 29.5 Å². The second-order valence-electron chi connectivity index (χ2n) is 12.8. The Labute approximate surface area is 269 Å². The molecule has 0 unspecified atom stereocenters. The van der Waals surface area contributed by atoms with E-state index in [9.17, 15) is 27.9 Å². The first-order chi connectivity index (χ1) is 21.8. The Morgan fingerprint density at radius 3 is 2.37 bits per heavy atom. The number of nitrogens with one attached hydrogen (secondary N) is 2. The number of hydrogen-bond donors (Lipinski definition) is 3. The van der Waals surface area contributed by atoms with Gasteiger partial charge in [0, 0.05) is 43.5 Å². The van der Waals surface area contributed by atoms with Crippen LogP contribution < -0.4 is 15.4 Å². The number of likely N-dealkylation sites (N-methyl/N-ethyl adjacent to an activating group) is 1. The van der Waals surface area contributed by atoms with Crippen molar-refractivity contribution in [1.29, 1.82) is 0 Å². The van der Waals surface area contributed by atoms with E-state index in [4.69, 9.17) is 9.47 Å². The standard InChI is InChI=1S/C34H47F3N4O5/c1-22-18-41(23(2)21-42)32(43)29-17-28(39-33(44)38-27-12-10-26(11-13-27)34(35,36)37)14-15-30(29)46-24(3)7-5-6-16-45-31(22)20-40(4)19-25-8-9-25/h10-15,17,22-25,31,42H,5-9,16,18-21H2,1-4H3,(H2,38,39,44)/t22-,23+,24-,31-/m0/s1. The number of rotatable bonds is 8. The van der Waals surface area contributed by atoms with Gasteiger partial charge in [0.2, 0.25) is 0 Å². The highest BCUT2D eigenvalue weighted by atomic mass is 19.4. The zero-order chi connectivity index (χ0) is 33.4. The summed E-state index contributed by atoms with van der Waals surface area (Å²) >= 11 is 0. The van der Waals surface area contributed by atoms with Crippen molar-refractivity contribution in [2.45, 2.75) is 77.3 Å². The molecule has 12 heteroatoms. The summed E-state index contributed by atoms with van der Waals surface area (Å²) < 4.78 is 51.4. The zero-order valence-electron chi connectivity index (χ0n) is 27.1. The van der Waals surface area contributed by atoms with Gasteiger partial charge in [0.25, 0.3) is 5.91 Å². The fourth-order valence-electron chi connectivity index (χ4n) is 5.62. The van der Waals surface area contributed by atoms with Crippen LogP contribution in [-0.4, -0.2) is 85.0 Å². The van der Waals surface area contributed by atoms with Crippen LogP contribution in [0.15, 0.2) is 42.5 Å². The Bertz CT molecular complexity index is 1300. The molecule has 1 aliphatic carbocycles. The van der Waals surface area contributed by atoms with Gasteiger partial charge in [-0.3, -0.25) is 4.79 Å². The minimum absolute atomic E-state index is 0.0401. The number of aliphatic hydroxyl groups excluding tert-OH is 1. The number of hydrogen-bond acceptors (Lipinski definition) is 6. The molecule has 9 nitrogen and oxygen atoms in total. The lowest BCUT2D eigenvalue weighted by Crippen LogP contribution is -2.47. The predicted molar refractivity (Wildman–Crippen MR) is 171 cm³/mol. The summed E-state index contributed by atoms with van der Waals surface area (Å²) in [6.45, 7) is 8.26. The fraction of sp³-hybridized carbons (Fsp3) is 0.588. The second-order valence-corrected chi connectivity index (χ2v) is 12.8. The average molecular weight is 649 g/mol. The van der Waals surface area contributed by atoms with Crippen molar-refractivity contribution in [3.8, 4) is 5.75 Å². The minimum atomic E-state index is -4.48. The lowest BCUT2D eigenvalue weighted by molar-refractivity contribution is -0.137. The molecule has 0 bridgehead atoms. The van der Waals surface area contributed by atoms with E-state index in [1.54, 1.807) is 24.0 Å². The molecule has 4 rings (SSSR count). The lowest BCUT2D eigenvalue weighted by atomic mass is 10.0. The van der Waals surface area contributed by atoms with E-state index in [-0.39, 0.29) is 41.9 Å². The highest BCUT2D eigenvalue weighted by Gasteiger charge is 2.32. The predicted octanol–water partition coefficient (Wildman–Crippen LogP) is 6.49. The van der Waals surface area contributed by atoms with Crippen LogP contribution >= 0.6 is 0 Å². The highest BCUT2D eigenvalue weighted by molar-refractivity contribution is 6.02. The summed E-state index contributed by atoms with van der Waals surface area (Å²) in [6.07, 6.45) is 0.252. The van der Waals surface area contributed by atoms with Gasteiger partial charge in [-0.25, -0.2) is 4.79 Å². The van der Waals surface area contributed by atoms with Gasteiger partial charge >= 0.3 is 12.2 Å². The SMILES string of the molecule is C[C@H](CO)N1C[C@H](C)[C@H](CN(C)CC2CC2)OCCCC[C@H](C)Oc2ccc(NC(=O)Nc3ccc(C(F)(F)F)cc3)cc2C1=O. The number of benzene rings is 2. The quantitative estimate of drug-likeness (QED) is 0.303. The van der Waals surface area contributed by atoms with Crippen LogP contribution in [0.25, 0.3) is 0 Å². The number of ether oxygens (including phenoxy) is 2. The van der Waals surface area contributed by atoms with Gasteiger partial charge in [-0.2, -0.15) is 13.2 Å². The number of halogens is 3. The molecule has 2 aromatic carbocycles. The topological polar surface area (TPSA) is 103 Å². The molecular weight excluding hydrogens is 601 g/mol. The van der Waals surface area contributed by atoms with Gasteiger partial charge in [0.1, 0.15) is 5.75 Å². The van der Waals surface area contributed by atoms with Crippen LogP contribution in [0.4, 0.5) is 29.3 Å². The molecule has 1 aliphatic heterocycles. The molecule has 3 amide bonds. The smallest absolute Gasteiger partial charge is 0.416 e. The molecular formula is C34H47F3N4O5. The molecule has 3 N–H and O–H groups in total. The molecule has 1 fully saturated rings. The van der Waals surface area contributed by atoms with Gasteiger partial charge < -0.3 is 35.0 Å². The molecule has 4 atom stereocenters. The summed E-state index contributed by atoms with van der Waals surface area (Å²) in [5.41, 5.74) is -0.126. The van der Waals surface area contributed by atoms with Gasteiger partial charge in [0.15, 0.2) is 0 Å². The first kappa shape index (κ1) is 35.5. The largest absolute Gasteiger partial charge is 0.490 e. The molecule has 0 spiro atoms. The van der Waals surface area contributed by atoms with Crippen LogP contribution in [0.5, 0.6) is 5.75 Å². The molecule has 46 heavy (non-hydrogen) atoms. The summed E-state index contributed by atoms with van der Waals surface area (Å²) in [6, 6.07) is 7.69. The minimum Gasteiger partial charge on any atom is -0.490 e. The number of alkyl halides is 3. The van der Waals surface area contributed by atoms with Crippen LogP contribution in [0, 0.1) is 11.8 Å². The van der Waals surface area contributed by atoms with Gasteiger partial charge in [-0.1, -0.05) is 6.92 Å². The van der Waals surface area contributed by atoms with Crippen molar-refractivity contribution in [3.05, 3.63) is 53.6 Å². The number of nitrogens with zero attached hydrogens (tertiary/aromatic N) is 2. The van der Waals surface area contributed by atoms with Crippen molar-refractivity contribution >= 4 is 23.3 Å². The number of carbonyl (C=O) groups is 2. The first-order valence-electron chi connectivity index (χ1n) is 16.1. The molecule has 1 heterocycles. The maximum atomic E-state index is 14.2. The summed E-state index contributed by atoms with van der Waals surface area (Å²) in [7, 11) is 2.11. The molecule has 0 aromatic heterocycles. The number of anilines is 2.